The second kappa shape index (κ2) is 10.5. The Hall–Kier alpha value is -2.80. The van der Waals surface area contributed by atoms with Crippen LogP contribution in [0.3, 0.4) is 0 Å². The van der Waals surface area contributed by atoms with Gasteiger partial charge in [-0.1, -0.05) is 32.0 Å². The maximum absolute atomic E-state index is 13.8. The highest BCUT2D eigenvalue weighted by atomic mass is 31.2. The predicted molar refractivity (Wildman–Crippen MR) is 131 cm³/mol. The normalized spacial score (nSPS) is 26.9. The van der Waals surface area contributed by atoms with Crippen LogP contribution in [-0.4, -0.2) is 57.4 Å². The summed E-state index contributed by atoms with van der Waals surface area (Å²) in [5.41, 5.74) is 4.97. The molecule has 2 aliphatic rings. The molecular formula is C23H31N4O9P. The first-order chi connectivity index (χ1) is 17.4. The van der Waals surface area contributed by atoms with E-state index in [1.165, 1.54) is 16.8 Å². The standard InChI is InChI=1S/C23H31N4O9P/c1-13(2)17(21(28)29)26-37(31,36-14-8-6-5-7-9-14)32-12-15-18-19(35-23(3,4)34-18)20(33-15)27-11-10-16(24)25-22(27)30/h5-11,13,15,17-20H,12H2,1-4H3,(H,26,31)(H,28,29)(H2,24,25,30)/t15-,17+,18-,19-,20-,37?/m1/s1. The molecule has 2 aromatic rings. The monoisotopic (exact) mass is 538 g/mol. The number of aliphatic carboxylic acids is 1. The van der Waals surface area contributed by atoms with E-state index in [0.29, 0.717) is 0 Å². The lowest BCUT2D eigenvalue weighted by Gasteiger charge is -2.27. The summed E-state index contributed by atoms with van der Waals surface area (Å²) < 4.78 is 44.5. The number of fused-ring (bicyclic) bond motifs is 1. The van der Waals surface area contributed by atoms with Crippen molar-refractivity contribution < 1.29 is 37.7 Å². The number of nitrogens with zero attached hydrogens (tertiary/aromatic N) is 2. The van der Waals surface area contributed by atoms with Gasteiger partial charge < -0.3 is 29.6 Å². The molecule has 4 N–H and O–H groups in total. The van der Waals surface area contributed by atoms with Crippen LogP contribution >= 0.6 is 7.75 Å². The Morgan fingerprint density at radius 3 is 2.54 bits per heavy atom. The molecule has 0 saturated carbocycles. The van der Waals surface area contributed by atoms with Crippen LogP contribution in [0.25, 0.3) is 0 Å². The third kappa shape index (κ3) is 6.20. The number of ether oxygens (including phenoxy) is 3. The Morgan fingerprint density at radius 1 is 1.24 bits per heavy atom. The fraction of sp³-hybridized carbons (Fsp3) is 0.522. The molecule has 6 atom stereocenters. The molecule has 1 unspecified atom stereocenters. The number of rotatable bonds is 10. The van der Waals surface area contributed by atoms with Gasteiger partial charge in [0.15, 0.2) is 12.0 Å². The lowest BCUT2D eigenvalue weighted by atomic mass is 10.1. The van der Waals surface area contributed by atoms with E-state index < -0.39 is 61.7 Å². The molecule has 14 heteroatoms. The average Bonchev–Trinajstić information content (AvgIpc) is 3.29. The first-order valence-electron chi connectivity index (χ1n) is 11.7. The van der Waals surface area contributed by atoms with Gasteiger partial charge in [0, 0.05) is 6.20 Å². The van der Waals surface area contributed by atoms with Gasteiger partial charge in [0.05, 0.1) is 6.61 Å². The van der Waals surface area contributed by atoms with Gasteiger partial charge >= 0.3 is 19.4 Å². The quantitative estimate of drug-likeness (QED) is 0.377. The maximum Gasteiger partial charge on any atom is 0.459 e. The number of aromatic nitrogens is 2. The maximum atomic E-state index is 13.8. The fourth-order valence-corrected chi connectivity index (χ4v) is 5.85. The number of benzene rings is 1. The fourth-order valence-electron chi connectivity index (χ4n) is 4.18. The molecule has 2 aliphatic heterocycles. The third-order valence-corrected chi connectivity index (χ3v) is 7.39. The number of carboxylic acid groups (broad SMARTS) is 1. The van der Waals surface area contributed by atoms with Crippen molar-refractivity contribution in [3.8, 4) is 5.75 Å². The van der Waals surface area contributed by atoms with Crippen molar-refractivity contribution in [2.75, 3.05) is 12.3 Å². The third-order valence-electron chi connectivity index (χ3n) is 5.86. The molecule has 0 aliphatic carbocycles. The van der Waals surface area contributed by atoms with E-state index in [1.807, 2.05) is 0 Å². The van der Waals surface area contributed by atoms with Gasteiger partial charge in [-0.25, -0.2) is 9.36 Å². The van der Waals surface area contributed by atoms with Crippen LogP contribution in [0.2, 0.25) is 0 Å². The average molecular weight is 538 g/mol. The molecule has 0 bridgehead atoms. The van der Waals surface area contributed by atoms with Crippen molar-refractivity contribution in [3.05, 3.63) is 53.1 Å². The van der Waals surface area contributed by atoms with Crippen molar-refractivity contribution in [1.29, 1.82) is 0 Å². The van der Waals surface area contributed by atoms with Crippen LogP contribution in [0, 0.1) is 5.92 Å². The molecule has 3 heterocycles. The van der Waals surface area contributed by atoms with Crippen LogP contribution in [0.4, 0.5) is 5.82 Å². The van der Waals surface area contributed by atoms with Crippen molar-refractivity contribution in [1.82, 2.24) is 14.6 Å². The highest BCUT2D eigenvalue weighted by Gasteiger charge is 2.56. The van der Waals surface area contributed by atoms with Crippen LogP contribution in [0.5, 0.6) is 5.75 Å². The van der Waals surface area contributed by atoms with Gasteiger partial charge in [0.25, 0.3) is 0 Å². The largest absolute Gasteiger partial charge is 0.480 e. The zero-order valence-corrected chi connectivity index (χ0v) is 21.7. The van der Waals surface area contributed by atoms with Crippen molar-refractivity contribution in [3.63, 3.8) is 0 Å². The molecular weight excluding hydrogens is 507 g/mol. The zero-order chi connectivity index (χ0) is 27.0. The highest BCUT2D eigenvalue weighted by Crippen LogP contribution is 2.48. The minimum Gasteiger partial charge on any atom is -0.480 e. The van der Waals surface area contributed by atoms with Crippen LogP contribution in [0.15, 0.2) is 47.4 Å². The van der Waals surface area contributed by atoms with E-state index >= 15 is 0 Å². The molecule has 0 radical (unpaired) electrons. The Labute approximate surface area is 213 Å². The first-order valence-corrected chi connectivity index (χ1v) is 13.3. The number of para-hydroxylation sites is 1. The van der Waals surface area contributed by atoms with Gasteiger partial charge in [-0.3, -0.25) is 13.9 Å². The molecule has 13 nitrogen and oxygen atoms in total. The number of carboxylic acids is 1. The minimum atomic E-state index is -4.24. The summed E-state index contributed by atoms with van der Waals surface area (Å²) in [5, 5.41) is 12.2. The summed E-state index contributed by atoms with van der Waals surface area (Å²) >= 11 is 0. The molecule has 2 saturated heterocycles. The molecule has 202 valence electrons. The van der Waals surface area contributed by atoms with E-state index in [4.69, 9.17) is 29.0 Å². The van der Waals surface area contributed by atoms with Crippen molar-refractivity contribution in [2.24, 2.45) is 5.92 Å². The summed E-state index contributed by atoms with van der Waals surface area (Å²) in [4.78, 5) is 28.0. The summed E-state index contributed by atoms with van der Waals surface area (Å²) in [6.45, 7) is 6.44. The Morgan fingerprint density at radius 2 is 1.92 bits per heavy atom. The summed E-state index contributed by atoms with van der Waals surface area (Å²) in [6, 6.07) is 8.47. The number of hydrogen-bond acceptors (Lipinski definition) is 10. The Balaban J connectivity index is 1.58. The molecule has 4 rings (SSSR count). The molecule has 2 fully saturated rings. The number of carbonyl (C=O) groups is 1. The molecule has 0 amide bonds. The van der Waals surface area contributed by atoms with Crippen LogP contribution < -0.4 is 21.0 Å². The highest BCUT2D eigenvalue weighted by molar-refractivity contribution is 7.52. The van der Waals surface area contributed by atoms with Crippen molar-refractivity contribution in [2.45, 2.75) is 64.1 Å². The minimum absolute atomic E-state index is 0.0582. The zero-order valence-electron chi connectivity index (χ0n) is 20.8. The van der Waals surface area contributed by atoms with Gasteiger partial charge in [-0.05, 0) is 38.0 Å². The molecule has 37 heavy (non-hydrogen) atoms. The van der Waals surface area contributed by atoms with E-state index in [1.54, 1.807) is 58.0 Å². The SMILES string of the molecule is CC(C)[C@H](NP(=O)(OC[C@H]1O[C@@H](n2ccc(N)nc2=O)[C@@H]2OC(C)(C)O[C@@H]21)Oc1ccccc1)C(=O)O. The topological polar surface area (TPSA) is 173 Å². The number of nitrogens with two attached hydrogens (primary N) is 1. The van der Waals surface area contributed by atoms with Gasteiger partial charge in [0.1, 0.15) is 35.9 Å². The molecule has 1 aromatic heterocycles. The smallest absolute Gasteiger partial charge is 0.459 e. The first kappa shape index (κ1) is 27.2. The number of nitrogens with one attached hydrogen (secondary N) is 1. The van der Waals surface area contributed by atoms with Gasteiger partial charge in [0.2, 0.25) is 0 Å². The molecule has 0 spiro atoms. The van der Waals surface area contributed by atoms with E-state index in [2.05, 4.69) is 10.1 Å². The number of nitrogen functional groups attached to an aromatic ring is 1. The van der Waals surface area contributed by atoms with Gasteiger partial charge in [-0.2, -0.15) is 10.1 Å². The summed E-state index contributed by atoms with van der Waals surface area (Å²) in [7, 11) is -4.24. The van der Waals surface area contributed by atoms with E-state index in [-0.39, 0.29) is 18.2 Å². The number of hydrogen-bond donors (Lipinski definition) is 3. The summed E-state index contributed by atoms with van der Waals surface area (Å²) in [5.74, 6) is -2.35. The second-order valence-corrected chi connectivity index (χ2v) is 11.3. The van der Waals surface area contributed by atoms with Crippen LogP contribution in [-0.2, 0) is 28.1 Å². The lowest BCUT2D eigenvalue weighted by Crippen LogP contribution is -2.41. The predicted octanol–water partition coefficient (Wildman–Crippen LogP) is 2.15. The Kier molecular flexibility index (Phi) is 7.75. The van der Waals surface area contributed by atoms with E-state index in [0.717, 1.165) is 0 Å². The van der Waals surface area contributed by atoms with Gasteiger partial charge in [-0.15, -0.1) is 0 Å². The lowest BCUT2D eigenvalue weighted by molar-refractivity contribution is -0.200. The van der Waals surface area contributed by atoms with Crippen LogP contribution in [0.1, 0.15) is 33.9 Å². The second-order valence-electron chi connectivity index (χ2n) is 9.56. The summed E-state index contributed by atoms with van der Waals surface area (Å²) in [6.07, 6.45) is -1.74. The van der Waals surface area contributed by atoms with Crippen molar-refractivity contribution >= 4 is 19.5 Å². The Bertz CT molecular complexity index is 1220. The molecule has 1 aromatic carbocycles. The number of anilines is 1. The van der Waals surface area contributed by atoms with E-state index in [9.17, 15) is 19.3 Å².